The summed E-state index contributed by atoms with van der Waals surface area (Å²) >= 11 is 0.896. The molecule has 6 nitrogen and oxygen atoms in total. The highest BCUT2D eigenvalue weighted by Crippen LogP contribution is 2.20. The van der Waals surface area contributed by atoms with Crippen molar-refractivity contribution >= 4 is 27.3 Å². The fraction of sp³-hybridized carbons (Fsp3) is 0.353. The van der Waals surface area contributed by atoms with E-state index in [4.69, 9.17) is 5.11 Å². The van der Waals surface area contributed by atoms with Crippen molar-refractivity contribution in [2.24, 2.45) is 0 Å². The molecule has 0 bridgehead atoms. The van der Waals surface area contributed by atoms with Crippen molar-refractivity contribution in [2.75, 3.05) is 7.05 Å². The van der Waals surface area contributed by atoms with E-state index < -0.39 is 16.0 Å². The van der Waals surface area contributed by atoms with Gasteiger partial charge in [-0.05, 0) is 38.1 Å². The standard InChI is InChI=1S/C17H22N2O4S2/c1-12(2)19(3)10-14-7-5-4-6-13(14)9-18-25(22,23)15-8-16(17(20)21)24-11-15/h4-8,11-12,18H,9-10H2,1-3H3,(H,20,21). The van der Waals surface area contributed by atoms with Crippen molar-refractivity contribution in [1.82, 2.24) is 9.62 Å². The molecular formula is C17H22N2O4S2. The van der Waals surface area contributed by atoms with E-state index in [1.807, 2.05) is 31.3 Å². The first-order valence-corrected chi connectivity index (χ1v) is 10.2. The second-order valence-corrected chi connectivity index (χ2v) is 8.73. The Balaban J connectivity index is 2.13. The average molecular weight is 383 g/mol. The number of sulfonamides is 1. The number of aromatic carboxylic acids is 1. The number of benzene rings is 1. The Hall–Kier alpha value is -1.74. The molecule has 2 rings (SSSR count). The lowest BCUT2D eigenvalue weighted by Gasteiger charge is -2.22. The Morgan fingerprint density at radius 2 is 1.92 bits per heavy atom. The first-order valence-electron chi connectivity index (χ1n) is 7.79. The highest BCUT2D eigenvalue weighted by Gasteiger charge is 2.19. The number of hydrogen-bond donors (Lipinski definition) is 2. The molecule has 25 heavy (non-hydrogen) atoms. The Bertz CT molecular complexity index is 844. The van der Waals surface area contributed by atoms with Gasteiger partial charge in [0.05, 0.1) is 4.90 Å². The maximum Gasteiger partial charge on any atom is 0.345 e. The Labute approximate surface area is 152 Å². The monoisotopic (exact) mass is 382 g/mol. The van der Waals surface area contributed by atoms with Crippen molar-refractivity contribution in [2.45, 2.75) is 37.9 Å². The summed E-state index contributed by atoms with van der Waals surface area (Å²) in [6, 6.07) is 9.23. The topological polar surface area (TPSA) is 86.7 Å². The van der Waals surface area contributed by atoms with Gasteiger partial charge in [-0.2, -0.15) is 0 Å². The highest BCUT2D eigenvalue weighted by atomic mass is 32.2. The fourth-order valence-corrected chi connectivity index (χ4v) is 4.28. The number of carbonyl (C=O) groups is 1. The molecule has 0 atom stereocenters. The maximum atomic E-state index is 12.4. The summed E-state index contributed by atoms with van der Waals surface area (Å²) in [6.45, 7) is 5.07. The van der Waals surface area contributed by atoms with E-state index in [0.29, 0.717) is 6.04 Å². The maximum absolute atomic E-state index is 12.4. The van der Waals surface area contributed by atoms with Gasteiger partial charge in [0.1, 0.15) is 4.88 Å². The molecule has 0 radical (unpaired) electrons. The Morgan fingerprint density at radius 3 is 2.48 bits per heavy atom. The molecule has 2 aromatic rings. The molecule has 0 amide bonds. The average Bonchev–Trinajstić information content (AvgIpc) is 3.05. The Kier molecular flexibility index (Phi) is 6.34. The van der Waals surface area contributed by atoms with Crippen molar-refractivity contribution in [3.05, 3.63) is 51.7 Å². The highest BCUT2D eigenvalue weighted by molar-refractivity contribution is 7.89. The number of nitrogens with zero attached hydrogens (tertiary/aromatic N) is 1. The third-order valence-electron chi connectivity index (χ3n) is 3.97. The third-order valence-corrected chi connectivity index (χ3v) is 6.42. The van der Waals surface area contributed by atoms with Gasteiger partial charge in [-0.3, -0.25) is 4.90 Å². The minimum absolute atomic E-state index is 0.000617. The normalized spacial score (nSPS) is 12.0. The molecule has 8 heteroatoms. The van der Waals surface area contributed by atoms with Crippen molar-refractivity contribution in [1.29, 1.82) is 0 Å². The zero-order valence-corrected chi connectivity index (χ0v) is 16.0. The molecule has 2 N–H and O–H groups in total. The van der Waals surface area contributed by atoms with Gasteiger partial charge in [0, 0.05) is 24.5 Å². The number of thiophene rings is 1. The van der Waals surface area contributed by atoms with Crippen LogP contribution in [0.3, 0.4) is 0 Å². The summed E-state index contributed by atoms with van der Waals surface area (Å²) in [7, 11) is -1.73. The zero-order valence-electron chi connectivity index (χ0n) is 14.4. The van der Waals surface area contributed by atoms with Gasteiger partial charge in [0.2, 0.25) is 10.0 Å². The predicted octanol–water partition coefficient (Wildman–Crippen LogP) is 2.77. The van der Waals surface area contributed by atoms with E-state index in [9.17, 15) is 13.2 Å². The van der Waals surface area contributed by atoms with Crippen LogP contribution < -0.4 is 4.72 Å². The van der Waals surface area contributed by atoms with Crippen LogP contribution in [0, 0.1) is 0 Å². The van der Waals surface area contributed by atoms with E-state index in [0.717, 1.165) is 29.0 Å². The summed E-state index contributed by atoms with van der Waals surface area (Å²) in [5, 5.41) is 10.3. The lowest BCUT2D eigenvalue weighted by molar-refractivity contribution is 0.0702. The number of carboxylic acid groups (broad SMARTS) is 1. The predicted molar refractivity (Wildman–Crippen MR) is 98.3 cm³/mol. The number of rotatable bonds is 8. The quantitative estimate of drug-likeness (QED) is 0.733. The SMILES string of the molecule is CC(C)N(C)Cc1ccccc1CNS(=O)(=O)c1csc(C(=O)O)c1. The number of nitrogens with one attached hydrogen (secondary N) is 1. The Morgan fingerprint density at radius 1 is 1.28 bits per heavy atom. The van der Waals surface area contributed by atoms with Crippen LogP contribution in [0.15, 0.2) is 40.6 Å². The van der Waals surface area contributed by atoms with E-state index in [2.05, 4.69) is 23.5 Å². The fourth-order valence-electron chi connectivity index (χ4n) is 2.16. The van der Waals surface area contributed by atoms with Crippen LogP contribution in [0.5, 0.6) is 0 Å². The second-order valence-electron chi connectivity index (χ2n) is 6.05. The van der Waals surface area contributed by atoms with E-state index in [1.165, 1.54) is 11.4 Å². The summed E-state index contributed by atoms with van der Waals surface area (Å²) in [6.07, 6.45) is 0. The van der Waals surface area contributed by atoms with Crippen LogP contribution in [0.1, 0.15) is 34.6 Å². The molecular weight excluding hydrogens is 360 g/mol. The smallest absolute Gasteiger partial charge is 0.345 e. The van der Waals surface area contributed by atoms with Gasteiger partial charge in [0.15, 0.2) is 0 Å². The molecule has 1 aromatic heterocycles. The van der Waals surface area contributed by atoms with Crippen molar-refractivity contribution < 1.29 is 18.3 Å². The van der Waals surface area contributed by atoms with Crippen LogP contribution >= 0.6 is 11.3 Å². The third kappa shape index (κ3) is 5.12. The molecule has 0 aliphatic heterocycles. The molecule has 1 aromatic carbocycles. The van der Waals surface area contributed by atoms with Gasteiger partial charge in [0.25, 0.3) is 0 Å². The molecule has 0 spiro atoms. The van der Waals surface area contributed by atoms with Gasteiger partial charge >= 0.3 is 5.97 Å². The lowest BCUT2D eigenvalue weighted by Crippen LogP contribution is -2.27. The first kappa shape index (κ1) is 19.6. The van der Waals surface area contributed by atoms with Gasteiger partial charge < -0.3 is 5.11 Å². The minimum Gasteiger partial charge on any atom is -0.477 e. The molecule has 0 saturated carbocycles. The first-order chi connectivity index (χ1) is 11.7. The summed E-state index contributed by atoms with van der Waals surface area (Å²) in [5.41, 5.74) is 1.95. The van der Waals surface area contributed by atoms with E-state index in [-0.39, 0.29) is 16.3 Å². The summed E-state index contributed by atoms with van der Waals surface area (Å²) in [4.78, 5) is 13.1. The molecule has 136 valence electrons. The molecule has 0 aliphatic rings. The largest absolute Gasteiger partial charge is 0.477 e. The molecule has 1 heterocycles. The summed E-state index contributed by atoms with van der Waals surface area (Å²) in [5.74, 6) is -1.13. The van der Waals surface area contributed by atoms with Gasteiger partial charge in [-0.25, -0.2) is 17.9 Å². The zero-order chi connectivity index (χ0) is 18.6. The number of hydrogen-bond acceptors (Lipinski definition) is 5. The number of carboxylic acids is 1. The van der Waals surface area contributed by atoms with E-state index >= 15 is 0 Å². The molecule has 0 fully saturated rings. The molecule has 0 aliphatic carbocycles. The molecule has 0 unspecified atom stereocenters. The van der Waals surface area contributed by atoms with Crippen LogP contribution in [0.25, 0.3) is 0 Å². The second kappa shape index (κ2) is 8.09. The van der Waals surface area contributed by atoms with Crippen LogP contribution in [-0.4, -0.2) is 37.5 Å². The van der Waals surface area contributed by atoms with Gasteiger partial charge in [-0.1, -0.05) is 24.3 Å². The van der Waals surface area contributed by atoms with E-state index in [1.54, 1.807) is 0 Å². The molecule has 0 saturated heterocycles. The van der Waals surface area contributed by atoms with Crippen molar-refractivity contribution in [3.63, 3.8) is 0 Å². The van der Waals surface area contributed by atoms with Crippen LogP contribution in [0.2, 0.25) is 0 Å². The van der Waals surface area contributed by atoms with Crippen LogP contribution in [0.4, 0.5) is 0 Å². The van der Waals surface area contributed by atoms with Crippen molar-refractivity contribution in [3.8, 4) is 0 Å². The summed E-state index contributed by atoms with van der Waals surface area (Å²) < 4.78 is 27.3. The van der Waals surface area contributed by atoms with Crippen LogP contribution in [-0.2, 0) is 23.1 Å². The van der Waals surface area contributed by atoms with Gasteiger partial charge in [-0.15, -0.1) is 11.3 Å². The lowest BCUT2D eigenvalue weighted by atomic mass is 10.1. The minimum atomic E-state index is -3.75.